The van der Waals surface area contributed by atoms with E-state index in [2.05, 4.69) is 9.97 Å². The molecule has 0 unspecified atom stereocenters. The maximum atomic E-state index is 12.5. The van der Waals surface area contributed by atoms with Crippen molar-refractivity contribution in [2.45, 2.75) is 6.42 Å². The molecular formula is C16H19ClN4O2S. The van der Waals surface area contributed by atoms with Crippen LogP contribution < -0.4 is 4.90 Å². The maximum Gasteiger partial charge on any atom is 0.255 e. The van der Waals surface area contributed by atoms with Crippen LogP contribution in [0.25, 0.3) is 0 Å². The molecule has 2 aromatic rings. The van der Waals surface area contributed by atoms with Crippen LogP contribution in [0.2, 0.25) is 5.02 Å². The summed E-state index contributed by atoms with van der Waals surface area (Å²) in [7, 11) is 1.94. The van der Waals surface area contributed by atoms with Gasteiger partial charge in [0.05, 0.1) is 28.8 Å². The quantitative estimate of drug-likeness (QED) is 0.813. The van der Waals surface area contributed by atoms with E-state index in [9.17, 15) is 4.79 Å². The van der Waals surface area contributed by atoms with E-state index in [-0.39, 0.29) is 5.91 Å². The van der Waals surface area contributed by atoms with Crippen LogP contribution in [0.3, 0.4) is 0 Å². The number of ether oxygens (including phenoxy) is 1. The van der Waals surface area contributed by atoms with Gasteiger partial charge in [-0.1, -0.05) is 11.6 Å². The molecule has 6 nitrogen and oxygen atoms in total. The van der Waals surface area contributed by atoms with Crippen molar-refractivity contribution in [3.8, 4) is 0 Å². The summed E-state index contributed by atoms with van der Waals surface area (Å²) in [5.41, 5.74) is 0.513. The van der Waals surface area contributed by atoms with Gasteiger partial charge in [0.2, 0.25) is 0 Å². The number of thiazole rings is 1. The average Bonchev–Trinajstić information content (AvgIpc) is 3.13. The fourth-order valence-electron chi connectivity index (χ4n) is 2.52. The van der Waals surface area contributed by atoms with Crippen molar-refractivity contribution >= 4 is 34.7 Å². The molecule has 0 spiro atoms. The number of anilines is 1. The molecule has 0 radical (unpaired) electrons. The van der Waals surface area contributed by atoms with E-state index < -0.39 is 0 Å². The molecule has 0 aliphatic carbocycles. The van der Waals surface area contributed by atoms with Gasteiger partial charge in [0.1, 0.15) is 5.82 Å². The Morgan fingerprint density at radius 2 is 2.21 bits per heavy atom. The lowest BCUT2D eigenvalue weighted by Crippen LogP contribution is -2.40. The Balaban J connectivity index is 1.66. The number of hydrogen-bond donors (Lipinski definition) is 0. The first-order chi connectivity index (χ1) is 11.6. The Labute approximate surface area is 150 Å². The molecule has 3 rings (SSSR count). The second kappa shape index (κ2) is 7.92. The summed E-state index contributed by atoms with van der Waals surface area (Å²) < 4.78 is 5.27. The molecule has 24 heavy (non-hydrogen) atoms. The Morgan fingerprint density at radius 1 is 1.42 bits per heavy atom. The summed E-state index contributed by atoms with van der Waals surface area (Å²) >= 11 is 7.99. The lowest BCUT2D eigenvalue weighted by Gasteiger charge is -2.27. The molecule has 1 aliphatic heterocycles. The van der Waals surface area contributed by atoms with Gasteiger partial charge in [-0.25, -0.2) is 9.97 Å². The van der Waals surface area contributed by atoms with Gasteiger partial charge in [-0.15, -0.1) is 11.3 Å². The Kier molecular flexibility index (Phi) is 5.65. The zero-order chi connectivity index (χ0) is 16.9. The number of amides is 1. The predicted octanol–water partition coefficient (Wildman–Crippen LogP) is 2.34. The van der Waals surface area contributed by atoms with E-state index in [1.165, 1.54) is 0 Å². The highest BCUT2D eigenvalue weighted by atomic mass is 35.5. The van der Waals surface area contributed by atoms with Gasteiger partial charge in [0, 0.05) is 50.9 Å². The second-order valence-electron chi connectivity index (χ2n) is 5.53. The van der Waals surface area contributed by atoms with Crippen LogP contribution in [-0.4, -0.2) is 60.7 Å². The molecule has 1 aliphatic rings. The molecule has 3 heterocycles. The van der Waals surface area contributed by atoms with Crippen molar-refractivity contribution in [2.75, 3.05) is 44.8 Å². The molecule has 8 heteroatoms. The van der Waals surface area contributed by atoms with Crippen LogP contribution in [0, 0.1) is 0 Å². The molecule has 0 N–H and O–H groups in total. The number of aromatic nitrogens is 2. The molecule has 0 saturated carbocycles. The van der Waals surface area contributed by atoms with Crippen LogP contribution in [-0.2, 0) is 11.2 Å². The summed E-state index contributed by atoms with van der Waals surface area (Å²) in [6, 6.07) is 1.70. The van der Waals surface area contributed by atoms with Gasteiger partial charge >= 0.3 is 0 Å². The molecule has 0 atom stereocenters. The van der Waals surface area contributed by atoms with Crippen molar-refractivity contribution in [3.63, 3.8) is 0 Å². The number of carbonyl (C=O) groups is 1. The van der Waals surface area contributed by atoms with Crippen LogP contribution in [0.15, 0.2) is 23.8 Å². The highest BCUT2D eigenvalue weighted by molar-refractivity contribution is 7.09. The molecule has 2 aromatic heterocycles. The van der Waals surface area contributed by atoms with Crippen molar-refractivity contribution in [3.05, 3.63) is 39.4 Å². The van der Waals surface area contributed by atoms with Gasteiger partial charge in [0.15, 0.2) is 0 Å². The number of nitrogens with zero attached hydrogens (tertiary/aromatic N) is 4. The minimum absolute atomic E-state index is 0.0512. The van der Waals surface area contributed by atoms with Crippen LogP contribution >= 0.6 is 22.9 Å². The minimum Gasteiger partial charge on any atom is -0.378 e. The first kappa shape index (κ1) is 17.1. The number of pyridine rings is 1. The van der Waals surface area contributed by atoms with E-state index in [1.807, 2.05) is 17.3 Å². The number of likely N-dealkylation sites (N-methyl/N-ethyl adjacent to an activating group) is 1. The predicted molar refractivity (Wildman–Crippen MR) is 95.1 cm³/mol. The second-order valence-corrected chi connectivity index (χ2v) is 6.92. The monoisotopic (exact) mass is 366 g/mol. The lowest BCUT2D eigenvalue weighted by atomic mass is 10.2. The van der Waals surface area contributed by atoms with Gasteiger partial charge < -0.3 is 14.5 Å². The first-order valence-electron chi connectivity index (χ1n) is 7.77. The molecule has 1 amide bonds. The molecule has 0 aromatic carbocycles. The van der Waals surface area contributed by atoms with Gasteiger partial charge in [-0.05, 0) is 6.07 Å². The third-order valence-electron chi connectivity index (χ3n) is 3.87. The third-order valence-corrected chi connectivity index (χ3v) is 4.99. The van der Waals surface area contributed by atoms with E-state index in [0.29, 0.717) is 42.7 Å². The van der Waals surface area contributed by atoms with E-state index in [0.717, 1.165) is 18.0 Å². The highest BCUT2D eigenvalue weighted by Gasteiger charge is 2.20. The van der Waals surface area contributed by atoms with Crippen molar-refractivity contribution in [2.24, 2.45) is 0 Å². The minimum atomic E-state index is -0.0512. The van der Waals surface area contributed by atoms with E-state index >= 15 is 0 Å². The van der Waals surface area contributed by atoms with E-state index in [4.69, 9.17) is 16.3 Å². The molecule has 1 saturated heterocycles. The van der Waals surface area contributed by atoms with E-state index in [1.54, 1.807) is 34.7 Å². The van der Waals surface area contributed by atoms with Crippen molar-refractivity contribution < 1.29 is 9.53 Å². The fraction of sp³-hybridized carbons (Fsp3) is 0.438. The standard InChI is InChI=1S/C16H19ClN4O2S/c1-20(4-2-14-18-3-9-24-14)15-13(17)10-12(11-19-15)16(22)21-5-7-23-8-6-21/h3,9-11H,2,4-8H2,1H3. The van der Waals surface area contributed by atoms with Gasteiger partial charge in [-0.3, -0.25) is 4.79 Å². The Hall–Kier alpha value is -1.70. The molecule has 128 valence electrons. The number of halogens is 1. The zero-order valence-electron chi connectivity index (χ0n) is 13.4. The SMILES string of the molecule is CN(CCc1nccs1)c1ncc(C(=O)N2CCOCC2)cc1Cl. The fourth-order valence-corrected chi connectivity index (χ4v) is 3.44. The third kappa shape index (κ3) is 4.03. The first-order valence-corrected chi connectivity index (χ1v) is 9.03. The normalized spacial score (nSPS) is 14.7. The topological polar surface area (TPSA) is 58.6 Å². The number of carbonyl (C=O) groups excluding carboxylic acids is 1. The average molecular weight is 367 g/mol. The van der Waals surface area contributed by atoms with Gasteiger partial charge in [0.25, 0.3) is 5.91 Å². The number of morpholine rings is 1. The summed E-state index contributed by atoms with van der Waals surface area (Å²) in [6.07, 6.45) is 4.23. The van der Waals surface area contributed by atoms with Crippen LogP contribution in [0.4, 0.5) is 5.82 Å². The molecule has 1 fully saturated rings. The highest BCUT2D eigenvalue weighted by Crippen LogP contribution is 2.24. The zero-order valence-corrected chi connectivity index (χ0v) is 15.0. The number of rotatable bonds is 5. The smallest absolute Gasteiger partial charge is 0.255 e. The molecular weight excluding hydrogens is 348 g/mol. The van der Waals surface area contributed by atoms with Crippen molar-refractivity contribution in [1.29, 1.82) is 0 Å². The van der Waals surface area contributed by atoms with Gasteiger partial charge in [-0.2, -0.15) is 0 Å². The maximum absolute atomic E-state index is 12.5. The van der Waals surface area contributed by atoms with Crippen LogP contribution in [0.1, 0.15) is 15.4 Å². The van der Waals surface area contributed by atoms with Crippen LogP contribution in [0.5, 0.6) is 0 Å². The Morgan fingerprint density at radius 3 is 2.88 bits per heavy atom. The Bertz CT molecular complexity index is 689. The largest absolute Gasteiger partial charge is 0.378 e. The summed E-state index contributed by atoms with van der Waals surface area (Å²) in [6.45, 7) is 3.11. The summed E-state index contributed by atoms with van der Waals surface area (Å²) in [5, 5.41) is 3.53. The van der Waals surface area contributed by atoms with Crippen molar-refractivity contribution in [1.82, 2.24) is 14.9 Å². The lowest BCUT2D eigenvalue weighted by molar-refractivity contribution is 0.0302. The summed E-state index contributed by atoms with van der Waals surface area (Å²) in [4.78, 5) is 24.9. The molecule has 0 bridgehead atoms. The summed E-state index contributed by atoms with van der Waals surface area (Å²) in [5.74, 6) is 0.622. The number of hydrogen-bond acceptors (Lipinski definition) is 6.